The topological polar surface area (TPSA) is 77.5 Å². The zero-order valence-corrected chi connectivity index (χ0v) is 15.9. The second kappa shape index (κ2) is 8.99. The number of aromatic nitrogens is 1. The molecule has 0 atom stereocenters. The van der Waals surface area contributed by atoms with Crippen molar-refractivity contribution in [2.75, 3.05) is 19.8 Å². The van der Waals surface area contributed by atoms with Crippen LogP contribution in [0.1, 0.15) is 21.6 Å². The Morgan fingerprint density at radius 3 is 2.68 bits per heavy atom. The molecule has 3 rings (SSSR count). The van der Waals surface area contributed by atoms with Crippen LogP contribution in [0.25, 0.3) is 10.9 Å². The second-order valence-corrected chi connectivity index (χ2v) is 6.43. The Hall–Kier alpha value is -3.41. The van der Waals surface area contributed by atoms with E-state index in [4.69, 9.17) is 9.47 Å². The number of amides is 1. The first-order valence-corrected chi connectivity index (χ1v) is 9.02. The van der Waals surface area contributed by atoms with E-state index in [9.17, 15) is 9.59 Å². The summed E-state index contributed by atoms with van der Waals surface area (Å²) in [4.78, 5) is 28.2. The summed E-state index contributed by atoms with van der Waals surface area (Å²) in [5.41, 5.74) is 3.08. The van der Waals surface area contributed by atoms with Crippen molar-refractivity contribution >= 4 is 22.8 Å². The van der Waals surface area contributed by atoms with Crippen LogP contribution in [0.15, 0.2) is 54.6 Å². The molecule has 6 heteroatoms. The SMILES string of the molecule is Cc1ccc(OCCNC(=O)COC(=O)c2ccc3ccccc3n2)c(C)c1. The Morgan fingerprint density at radius 1 is 1.04 bits per heavy atom. The summed E-state index contributed by atoms with van der Waals surface area (Å²) in [5.74, 6) is -0.237. The van der Waals surface area contributed by atoms with E-state index in [0.717, 1.165) is 16.7 Å². The molecule has 1 aromatic heterocycles. The van der Waals surface area contributed by atoms with E-state index < -0.39 is 11.9 Å². The van der Waals surface area contributed by atoms with Crippen LogP contribution in [-0.2, 0) is 9.53 Å². The van der Waals surface area contributed by atoms with Gasteiger partial charge >= 0.3 is 5.97 Å². The first kappa shape index (κ1) is 19.4. The Labute approximate surface area is 163 Å². The number of nitrogens with one attached hydrogen (secondary N) is 1. The largest absolute Gasteiger partial charge is 0.491 e. The zero-order valence-electron chi connectivity index (χ0n) is 15.9. The van der Waals surface area contributed by atoms with E-state index in [2.05, 4.69) is 10.3 Å². The number of aryl methyl sites for hydroxylation is 2. The number of carbonyl (C=O) groups is 2. The lowest BCUT2D eigenvalue weighted by atomic mass is 10.1. The molecule has 2 aromatic carbocycles. The molecule has 1 heterocycles. The summed E-state index contributed by atoms with van der Waals surface area (Å²) < 4.78 is 10.7. The van der Waals surface area contributed by atoms with Gasteiger partial charge in [0, 0.05) is 5.39 Å². The average molecular weight is 378 g/mol. The fourth-order valence-corrected chi connectivity index (χ4v) is 2.75. The third kappa shape index (κ3) is 5.07. The summed E-state index contributed by atoms with van der Waals surface area (Å²) >= 11 is 0. The van der Waals surface area contributed by atoms with E-state index in [-0.39, 0.29) is 12.3 Å². The summed E-state index contributed by atoms with van der Waals surface area (Å²) in [6, 6.07) is 16.8. The molecule has 0 spiro atoms. The van der Waals surface area contributed by atoms with E-state index in [1.54, 1.807) is 12.1 Å². The van der Waals surface area contributed by atoms with Gasteiger partial charge in [0.15, 0.2) is 6.61 Å². The lowest BCUT2D eigenvalue weighted by molar-refractivity contribution is -0.124. The van der Waals surface area contributed by atoms with Gasteiger partial charge in [0.2, 0.25) is 0 Å². The van der Waals surface area contributed by atoms with Crippen LogP contribution < -0.4 is 10.1 Å². The number of fused-ring (bicyclic) bond motifs is 1. The van der Waals surface area contributed by atoms with Crippen molar-refractivity contribution in [2.24, 2.45) is 0 Å². The van der Waals surface area contributed by atoms with Gasteiger partial charge in [-0.25, -0.2) is 9.78 Å². The quantitative estimate of drug-likeness (QED) is 0.505. The zero-order chi connectivity index (χ0) is 19.9. The second-order valence-electron chi connectivity index (χ2n) is 6.43. The molecule has 0 bridgehead atoms. The standard InChI is InChI=1S/C22H22N2O4/c1-15-7-10-20(16(2)13-15)27-12-11-23-21(25)14-28-22(26)19-9-8-17-5-3-4-6-18(17)24-19/h3-10,13H,11-12,14H2,1-2H3,(H,23,25). The highest BCUT2D eigenvalue weighted by Gasteiger charge is 2.12. The molecular formula is C22H22N2O4. The van der Waals surface area contributed by atoms with E-state index in [1.807, 2.05) is 56.3 Å². The third-order valence-electron chi connectivity index (χ3n) is 4.15. The summed E-state index contributed by atoms with van der Waals surface area (Å²) in [5, 5.41) is 3.59. The number of rotatable bonds is 7. The van der Waals surface area contributed by atoms with Crippen LogP contribution in [0.4, 0.5) is 0 Å². The minimum absolute atomic E-state index is 0.171. The van der Waals surface area contributed by atoms with Crippen LogP contribution in [0.5, 0.6) is 5.75 Å². The van der Waals surface area contributed by atoms with Gasteiger partial charge in [-0.1, -0.05) is 42.0 Å². The van der Waals surface area contributed by atoms with Gasteiger partial charge in [-0.05, 0) is 37.6 Å². The molecule has 144 valence electrons. The fraction of sp³-hybridized carbons (Fsp3) is 0.227. The molecule has 6 nitrogen and oxygen atoms in total. The molecule has 0 fully saturated rings. The molecule has 1 N–H and O–H groups in total. The minimum Gasteiger partial charge on any atom is -0.491 e. The number of carbonyl (C=O) groups excluding carboxylic acids is 2. The number of hydrogen-bond acceptors (Lipinski definition) is 5. The molecule has 0 aliphatic carbocycles. The molecule has 0 aliphatic heterocycles. The predicted octanol–water partition coefficient (Wildman–Crippen LogP) is 3.20. The van der Waals surface area contributed by atoms with Gasteiger partial charge in [-0.15, -0.1) is 0 Å². The molecule has 0 unspecified atom stereocenters. The van der Waals surface area contributed by atoms with Crippen molar-refractivity contribution in [1.82, 2.24) is 10.3 Å². The van der Waals surface area contributed by atoms with E-state index in [1.165, 1.54) is 5.56 Å². The Bertz CT molecular complexity index is 1000. The number of hydrogen-bond donors (Lipinski definition) is 1. The summed E-state index contributed by atoms with van der Waals surface area (Å²) in [6.45, 7) is 4.28. The van der Waals surface area contributed by atoms with Crippen molar-refractivity contribution in [1.29, 1.82) is 0 Å². The molecule has 0 radical (unpaired) electrons. The number of nitrogens with zero attached hydrogens (tertiary/aromatic N) is 1. The van der Waals surface area contributed by atoms with Crippen LogP contribution >= 0.6 is 0 Å². The highest BCUT2D eigenvalue weighted by molar-refractivity contribution is 5.92. The Balaban J connectivity index is 1.41. The van der Waals surface area contributed by atoms with Crippen molar-refractivity contribution in [3.63, 3.8) is 0 Å². The number of ether oxygens (including phenoxy) is 2. The lowest BCUT2D eigenvalue weighted by Crippen LogP contribution is -2.32. The average Bonchev–Trinajstić information content (AvgIpc) is 2.70. The predicted molar refractivity (Wildman–Crippen MR) is 106 cm³/mol. The van der Waals surface area contributed by atoms with Crippen LogP contribution in [0, 0.1) is 13.8 Å². The van der Waals surface area contributed by atoms with Crippen LogP contribution in [-0.4, -0.2) is 36.6 Å². The van der Waals surface area contributed by atoms with Gasteiger partial charge in [-0.3, -0.25) is 4.79 Å². The lowest BCUT2D eigenvalue weighted by Gasteiger charge is -2.10. The van der Waals surface area contributed by atoms with Crippen molar-refractivity contribution in [2.45, 2.75) is 13.8 Å². The number of benzene rings is 2. The molecule has 0 aliphatic rings. The minimum atomic E-state index is -0.632. The summed E-state index contributed by atoms with van der Waals surface area (Å²) in [6.07, 6.45) is 0. The Morgan fingerprint density at radius 2 is 1.86 bits per heavy atom. The van der Waals surface area contributed by atoms with Gasteiger partial charge in [0.05, 0.1) is 12.1 Å². The van der Waals surface area contributed by atoms with Gasteiger partial charge in [0.1, 0.15) is 18.1 Å². The summed E-state index contributed by atoms with van der Waals surface area (Å²) in [7, 11) is 0. The van der Waals surface area contributed by atoms with Crippen molar-refractivity contribution < 1.29 is 19.1 Å². The first-order valence-electron chi connectivity index (χ1n) is 9.02. The van der Waals surface area contributed by atoms with Crippen LogP contribution in [0.3, 0.4) is 0 Å². The number of para-hydroxylation sites is 1. The molecule has 0 saturated carbocycles. The molecule has 1 amide bonds. The fourth-order valence-electron chi connectivity index (χ4n) is 2.75. The van der Waals surface area contributed by atoms with Gasteiger partial charge in [-0.2, -0.15) is 0 Å². The maximum atomic E-state index is 12.1. The highest BCUT2D eigenvalue weighted by Crippen LogP contribution is 2.18. The first-order chi connectivity index (χ1) is 13.5. The van der Waals surface area contributed by atoms with E-state index in [0.29, 0.717) is 18.7 Å². The van der Waals surface area contributed by atoms with Gasteiger partial charge < -0.3 is 14.8 Å². The van der Waals surface area contributed by atoms with E-state index >= 15 is 0 Å². The number of esters is 1. The maximum absolute atomic E-state index is 12.1. The molecular weight excluding hydrogens is 356 g/mol. The Kier molecular flexibility index (Phi) is 6.22. The normalized spacial score (nSPS) is 10.5. The monoisotopic (exact) mass is 378 g/mol. The number of pyridine rings is 1. The molecule has 3 aromatic rings. The van der Waals surface area contributed by atoms with Crippen LogP contribution in [0.2, 0.25) is 0 Å². The van der Waals surface area contributed by atoms with Crippen molar-refractivity contribution in [3.8, 4) is 5.75 Å². The molecule has 28 heavy (non-hydrogen) atoms. The smallest absolute Gasteiger partial charge is 0.357 e. The van der Waals surface area contributed by atoms with Crippen molar-refractivity contribution in [3.05, 3.63) is 71.4 Å². The van der Waals surface area contributed by atoms with Gasteiger partial charge in [0.25, 0.3) is 5.91 Å². The highest BCUT2D eigenvalue weighted by atomic mass is 16.5. The maximum Gasteiger partial charge on any atom is 0.357 e. The molecule has 0 saturated heterocycles. The third-order valence-corrected chi connectivity index (χ3v) is 4.15.